The molecule has 0 radical (unpaired) electrons. The van der Waals surface area contributed by atoms with Crippen LogP contribution in [0.4, 0.5) is 0 Å². The van der Waals surface area contributed by atoms with Gasteiger partial charge in [-0.2, -0.15) is 0 Å². The first-order valence-electron chi connectivity index (χ1n) is 17.8. The lowest BCUT2D eigenvalue weighted by atomic mass is 9.85. The number of phenolic OH excluding ortho intramolecular Hbond substituents is 7. The zero-order valence-corrected chi connectivity index (χ0v) is 31.0. The Morgan fingerprint density at radius 3 is 2.02 bits per heavy atom. The second kappa shape index (κ2) is 15.3. The molecule has 3 heterocycles. The molecule has 0 bridgehead atoms. The lowest BCUT2D eigenvalue weighted by molar-refractivity contribution is -0.277. The van der Waals surface area contributed by atoms with Crippen LogP contribution in [0.3, 0.4) is 0 Å². The van der Waals surface area contributed by atoms with E-state index in [0.29, 0.717) is 0 Å². The first-order chi connectivity index (χ1) is 27.6. The number of phenols is 7. The topological polar surface area (TPSA) is 300 Å². The Balaban J connectivity index is 1.43. The molecule has 18 nitrogen and oxygen atoms in total. The molecule has 1 aromatic heterocycles. The third kappa shape index (κ3) is 6.74. The zero-order chi connectivity index (χ0) is 41.9. The summed E-state index contributed by atoms with van der Waals surface area (Å²) in [5.41, 5.74) is 0.189. The lowest BCUT2D eigenvalue weighted by Crippen LogP contribution is -2.60. The van der Waals surface area contributed by atoms with E-state index >= 15 is 0 Å². The fourth-order valence-corrected chi connectivity index (χ4v) is 7.40. The first-order valence-corrected chi connectivity index (χ1v) is 17.8. The van der Waals surface area contributed by atoms with Gasteiger partial charge in [-0.15, -0.1) is 0 Å². The number of fused-ring (bicyclic) bond motifs is 2. The smallest absolute Gasteiger partial charge is 0.402 e. The van der Waals surface area contributed by atoms with Crippen LogP contribution in [-0.2, 0) is 11.2 Å². The number of aromatic hydroxyl groups is 7. The van der Waals surface area contributed by atoms with Crippen LogP contribution < -0.4 is 18.9 Å². The predicted octanol–water partition coefficient (Wildman–Crippen LogP) is 2.70. The van der Waals surface area contributed by atoms with Crippen LogP contribution in [0.2, 0.25) is 0 Å². The summed E-state index contributed by atoms with van der Waals surface area (Å²) in [4.78, 5) is 0. The third-order valence-electron chi connectivity index (χ3n) is 10.4. The molecule has 1 saturated heterocycles. The van der Waals surface area contributed by atoms with E-state index in [9.17, 15) is 61.3 Å². The van der Waals surface area contributed by atoms with E-state index in [1.54, 1.807) is 6.92 Å². The molecule has 0 unspecified atom stereocenters. The summed E-state index contributed by atoms with van der Waals surface area (Å²) in [6, 6.07) is 9.75. The van der Waals surface area contributed by atoms with E-state index in [-0.39, 0.29) is 79.7 Å². The maximum absolute atomic E-state index is 11.5. The summed E-state index contributed by atoms with van der Waals surface area (Å²) < 4.78 is 35.0. The Labute approximate surface area is 328 Å². The van der Waals surface area contributed by atoms with Gasteiger partial charge in [0, 0.05) is 53.8 Å². The predicted molar refractivity (Wildman–Crippen MR) is 199 cm³/mol. The summed E-state index contributed by atoms with van der Waals surface area (Å²) in [5, 5.41) is 128. The number of methoxy groups -OCH3 is 2. The lowest BCUT2D eigenvalue weighted by Gasteiger charge is -2.39. The molecule has 8 atom stereocenters. The van der Waals surface area contributed by atoms with E-state index in [1.807, 2.05) is 0 Å². The van der Waals surface area contributed by atoms with Gasteiger partial charge in [-0.25, -0.2) is 4.42 Å². The molecule has 2 aliphatic heterocycles. The third-order valence-corrected chi connectivity index (χ3v) is 10.4. The van der Waals surface area contributed by atoms with Gasteiger partial charge in [0.15, 0.2) is 23.0 Å². The molecule has 0 saturated carbocycles. The number of benzene rings is 4. The minimum atomic E-state index is -1.87. The van der Waals surface area contributed by atoms with Crippen molar-refractivity contribution in [2.75, 3.05) is 20.8 Å². The SMILES string of the molecule is COc1cc(-c2[o+]c3c([C@@H](C)c4c(O)cc(O)c5c4O[C@H](c4ccc(O)c(O)c4)[C@@H](O)C5)c(O)cc(O)c3cc2O[C@@H]2O[C@H](CO)[C@@H](O)[C@H](O)[C@H]2O)cc(OC)c1O. The van der Waals surface area contributed by atoms with E-state index in [4.69, 9.17) is 28.1 Å². The molecular weight excluding hydrogens is 768 g/mol. The average molecular weight is 810 g/mol. The molecule has 7 rings (SSSR count). The van der Waals surface area contributed by atoms with Crippen molar-refractivity contribution in [2.45, 2.75) is 62.2 Å². The second-order valence-electron chi connectivity index (χ2n) is 14.0. The first kappa shape index (κ1) is 40.1. The van der Waals surface area contributed by atoms with Gasteiger partial charge < -0.3 is 85.0 Å². The van der Waals surface area contributed by atoms with Crippen molar-refractivity contribution in [2.24, 2.45) is 0 Å². The summed E-state index contributed by atoms with van der Waals surface area (Å²) >= 11 is 0. The highest BCUT2D eigenvalue weighted by atomic mass is 16.7. The molecule has 1 fully saturated rings. The molecule has 58 heavy (non-hydrogen) atoms. The van der Waals surface area contributed by atoms with Crippen LogP contribution in [0.15, 0.2) is 52.9 Å². The molecule has 0 spiro atoms. The van der Waals surface area contributed by atoms with Crippen LogP contribution in [-0.4, -0.2) is 119 Å². The summed E-state index contributed by atoms with van der Waals surface area (Å²) in [6.45, 7) is 0.788. The van der Waals surface area contributed by atoms with Crippen molar-refractivity contribution < 1.29 is 89.4 Å². The summed E-state index contributed by atoms with van der Waals surface area (Å²) in [7, 11) is 2.55. The number of aliphatic hydroxyl groups is 5. The van der Waals surface area contributed by atoms with Crippen molar-refractivity contribution in [1.29, 1.82) is 0 Å². The maximum atomic E-state index is 11.5. The van der Waals surface area contributed by atoms with Gasteiger partial charge >= 0.3 is 11.3 Å². The van der Waals surface area contributed by atoms with Gasteiger partial charge in [0.05, 0.1) is 32.5 Å². The quantitative estimate of drug-likeness (QED) is 0.0752. The van der Waals surface area contributed by atoms with Gasteiger partial charge in [-0.3, -0.25) is 0 Å². The van der Waals surface area contributed by atoms with Crippen LogP contribution in [0.25, 0.3) is 22.3 Å². The Bertz CT molecular complexity index is 2350. The van der Waals surface area contributed by atoms with E-state index in [2.05, 4.69) is 0 Å². The van der Waals surface area contributed by atoms with Crippen molar-refractivity contribution in [3.63, 3.8) is 0 Å². The fourth-order valence-electron chi connectivity index (χ4n) is 7.40. The summed E-state index contributed by atoms with van der Waals surface area (Å²) in [5.74, 6) is -5.12. The summed E-state index contributed by atoms with van der Waals surface area (Å²) in [6.07, 6.45) is -11.1. The highest BCUT2D eigenvalue weighted by molar-refractivity contribution is 5.92. The van der Waals surface area contributed by atoms with Crippen LogP contribution in [0.1, 0.15) is 41.2 Å². The van der Waals surface area contributed by atoms with Gasteiger partial charge in [-0.1, -0.05) is 13.0 Å². The standard InChI is InChI=1S/C40H40O18/c1-14(30-23(46)11-20(43)17-9-25(48)36(57-38(17)30)15-4-5-19(42)22(45)6-15)31-24(47)12-21(44)18-10-28(55-40-35(52)34(51)33(50)29(13-41)56-40)37(58-39(18)31)16-7-26(53-2)32(49)27(8-16)54-3/h4-8,10-12,14,25,29,33-36,40-41,48,50-52H,9,13H2,1-3H3,(H6-,42,43,44,45,46,47,49)/p+1/t14-,25-,29+,33+,34-,35+,36+,40+/m0/s1. The van der Waals surface area contributed by atoms with Gasteiger partial charge in [0.2, 0.25) is 17.8 Å². The van der Waals surface area contributed by atoms with E-state index in [1.165, 1.54) is 50.6 Å². The normalized spacial score (nSPS) is 23.5. The minimum absolute atomic E-state index is 0.00126. The number of aliphatic hydroxyl groups excluding tert-OH is 5. The van der Waals surface area contributed by atoms with Gasteiger partial charge in [-0.05, 0) is 17.7 Å². The van der Waals surface area contributed by atoms with E-state index < -0.39 is 89.9 Å². The molecule has 308 valence electrons. The van der Waals surface area contributed by atoms with E-state index in [0.717, 1.165) is 12.1 Å². The largest absolute Gasteiger partial charge is 0.507 e. The number of rotatable bonds is 9. The van der Waals surface area contributed by atoms with Crippen molar-refractivity contribution in [1.82, 2.24) is 0 Å². The highest BCUT2D eigenvalue weighted by Gasteiger charge is 2.46. The molecule has 0 aliphatic carbocycles. The van der Waals surface area contributed by atoms with Gasteiger partial charge in [0.25, 0.3) is 0 Å². The molecule has 2 aliphatic rings. The molecular formula is C40H41O18+. The zero-order valence-electron chi connectivity index (χ0n) is 31.0. The monoisotopic (exact) mass is 809 g/mol. The molecule has 18 heteroatoms. The number of hydrogen-bond donors (Lipinski definition) is 12. The molecule has 12 N–H and O–H groups in total. The Kier molecular flexibility index (Phi) is 10.6. The average Bonchev–Trinajstić information content (AvgIpc) is 3.19. The second-order valence-corrected chi connectivity index (χ2v) is 14.0. The molecule has 0 amide bonds. The number of ether oxygens (including phenoxy) is 5. The Morgan fingerprint density at radius 1 is 0.724 bits per heavy atom. The van der Waals surface area contributed by atoms with Crippen molar-refractivity contribution in [3.8, 4) is 74.6 Å². The number of hydrogen-bond acceptors (Lipinski definition) is 17. The molecule has 4 aromatic carbocycles. The Morgan fingerprint density at radius 2 is 1.38 bits per heavy atom. The highest BCUT2D eigenvalue weighted by Crippen LogP contribution is 2.54. The minimum Gasteiger partial charge on any atom is -0.507 e. The van der Waals surface area contributed by atoms with Gasteiger partial charge in [0.1, 0.15) is 70.2 Å². The maximum Gasteiger partial charge on any atom is 0.402 e. The van der Waals surface area contributed by atoms with Crippen LogP contribution >= 0.6 is 0 Å². The van der Waals surface area contributed by atoms with Crippen molar-refractivity contribution in [3.05, 3.63) is 70.8 Å². The van der Waals surface area contributed by atoms with Crippen molar-refractivity contribution >= 4 is 11.0 Å². The fraction of sp³-hybridized carbons (Fsp3) is 0.325. The van der Waals surface area contributed by atoms with Crippen LogP contribution in [0, 0.1) is 0 Å². The molecule has 5 aromatic rings. The Hall–Kier alpha value is -6.15. The van der Waals surface area contributed by atoms with Crippen LogP contribution in [0.5, 0.6) is 63.2 Å².